The van der Waals surface area contributed by atoms with Gasteiger partial charge in [-0.15, -0.1) is 11.6 Å². The van der Waals surface area contributed by atoms with Gasteiger partial charge in [0.2, 0.25) is 5.88 Å². The maximum Gasteiger partial charge on any atom is 0.259 e. The van der Waals surface area contributed by atoms with Gasteiger partial charge in [-0.3, -0.25) is 4.79 Å². The maximum atomic E-state index is 12.3. The Bertz CT molecular complexity index is 411. The summed E-state index contributed by atoms with van der Waals surface area (Å²) in [5, 5.41) is 0. The molecule has 1 amide bonds. The van der Waals surface area contributed by atoms with Crippen molar-refractivity contribution >= 4 is 17.5 Å². The van der Waals surface area contributed by atoms with E-state index >= 15 is 0 Å². The Morgan fingerprint density at radius 2 is 2.53 bits per heavy atom. The first-order valence-corrected chi connectivity index (χ1v) is 6.17. The van der Waals surface area contributed by atoms with E-state index in [9.17, 15) is 4.79 Å². The number of hydrogen-bond donors (Lipinski definition) is 0. The molecular weight excluding hydrogens is 240 g/mol. The molecule has 1 saturated heterocycles. The van der Waals surface area contributed by atoms with Gasteiger partial charge in [0.05, 0.1) is 7.11 Å². The fourth-order valence-electron chi connectivity index (χ4n) is 2.13. The number of alkyl halides is 1. The van der Waals surface area contributed by atoms with Gasteiger partial charge in [0.15, 0.2) is 0 Å². The second-order valence-electron chi connectivity index (χ2n) is 4.01. The standard InChI is InChI=1S/C12H15ClN2O2/c1-17-11-10(5-2-6-14-11)12(16)15-7-3-4-9(15)8-13/h2,5-6,9H,3-4,7-8H2,1H3. The molecule has 0 spiro atoms. The van der Waals surface area contributed by atoms with E-state index in [0.717, 1.165) is 19.4 Å². The number of hydrogen-bond acceptors (Lipinski definition) is 3. The van der Waals surface area contributed by atoms with Gasteiger partial charge in [0, 0.05) is 24.7 Å². The van der Waals surface area contributed by atoms with Gasteiger partial charge >= 0.3 is 0 Å². The van der Waals surface area contributed by atoms with Crippen LogP contribution < -0.4 is 4.74 Å². The van der Waals surface area contributed by atoms with Crippen LogP contribution >= 0.6 is 11.6 Å². The highest BCUT2D eigenvalue weighted by molar-refractivity contribution is 6.18. The lowest BCUT2D eigenvalue weighted by atomic mass is 10.2. The number of carbonyl (C=O) groups excluding carboxylic acids is 1. The van der Waals surface area contributed by atoms with Crippen molar-refractivity contribution in [3.8, 4) is 5.88 Å². The van der Waals surface area contributed by atoms with Gasteiger partial charge in [-0.05, 0) is 25.0 Å². The van der Waals surface area contributed by atoms with Crippen molar-refractivity contribution in [2.24, 2.45) is 0 Å². The van der Waals surface area contributed by atoms with Crippen molar-refractivity contribution in [2.45, 2.75) is 18.9 Å². The van der Waals surface area contributed by atoms with Gasteiger partial charge in [0.1, 0.15) is 5.56 Å². The van der Waals surface area contributed by atoms with Crippen LogP contribution in [0, 0.1) is 0 Å². The van der Waals surface area contributed by atoms with E-state index in [0.29, 0.717) is 17.3 Å². The molecule has 0 radical (unpaired) electrons. The number of methoxy groups -OCH3 is 1. The van der Waals surface area contributed by atoms with Crippen LogP contribution in [0.4, 0.5) is 0 Å². The van der Waals surface area contributed by atoms with Gasteiger partial charge in [-0.25, -0.2) is 4.98 Å². The fourth-order valence-corrected chi connectivity index (χ4v) is 2.46. The lowest BCUT2D eigenvalue weighted by Gasteiger charge is -2.23. The van der Waals surface area contributed by atoms with Crippen molar-refractivity contribution in [3.63, 3.8) is 0 Å². The summed E-state index contributed by atoms with van der Waals surface area (Å²) in [7, 11) is 1.52. The van der Waals surface area contributed by atoms with E-state index in [4.69, 9.17) is 16.3 Å². The number of nitrogens with zero attached hydrogens (tertiary/aromatic N) is 2. The van der Waals surface area contributed by atoms with E-state index in [1.165, 1.54) is 7.11 Å². The smallest absolute Gasteiger partial charge is 0.259 e. The number of amides is 1. The Hall–Kier alpha value is -1.29. The molecule has 92 valence electrons. The molecule has 1 aliphatic rings. The summed E-state index contributed by atoms with van der Waals surface area (Å²) in [5.74, 6) is 0.810. The zero-order valence-electron chi connectivity index (χ0n) is 9.73. The zero-order chi connectivity index (χ0) is 12.3. The summed E-state index contributed by atoms with van der Waals surface area (Å²) in [5.41, 5.74) is 0.506. The zero-order valence-corrected chi connectivity index (χ0v) is 10.5. The third kappa shape index (κ3) is 2.36. The van der Waals surface area contributed by atoms with Gasteiger partial charge < -0.3 is 9.64 Å². The molecule has 1 aliphatic heterocycles. The second-order valence-corrected chi connectivity index (χ2v) is 4.32. The third-order valence-corrected chi connectivity index (χ3v) is 3.37. The van der Waals surface area contributed by atoms with Crippen molar-refractivity contribution < 1.29 is 9.53 Å². The Kier molecular flexibility index (Phi) is 3.84. The monoisotopic (exact) mass is 254 g/mol. The van der Waals surface area contributed by atoms with Crippen LogP contribution in [0.5, 0.6) is 5.88 Å². The highest BCUT2D eigenvalue weighted by Gasteiger charge is 2.30. The normalized spacial score (nSPS) is 19.4. The highest BCUT2D eigenvalue weighted by atomic mass is 35.5. The van der Waals surface area contributed by atoms with Crippen molar-refractivity contribution in [1.82, 2.24) is 9.88 Å². The van der Waals surface area contributed by atoms with Gasteiger partial charge in [-0.2, -0.15) is 0 Å². The Balaban J connectivity index is 2.24. The molecule has 4 nitrogen and oxygen atoms in total. The Labute approximate surface area is 106 Å². The predicted octanol–water partition coefficient (Wildman–Crippen LogP) is 1.93. The number of halogens is 1. The minimum absolute atomic E-state index is 0.0434. The maximum absolute atomic E-state index is 12.3. The highest BCUT2D eigenvalue weighted by Crippen LogP contribution is 2.24. The molecule has 0 aliphatic carbocycles. The minimum Gasteiger partial charge on any atom is -0.480 e. The average molecular weight is 255 g/mol. The molecule has 0 bridgehead atoms. The van der Waals surface area contributed by atoms with Crippen molar-refractivity contribution in [2.75, 3.05) is 19.5 Å². The van der Waals surface area contributed by atoms with Crippen LogP contribution in [0.15, 0.2) is 18.3 Å². The number of aromatic nitrogens is 1. The number of likely N-dealkylation sites (tertiary alicyclic amines) is 1. The molecule has 1 fully saturated rings. The number of pyridine rings is 1. The first kappa shape index (κ1) is 12.2. The third-order valence-electron chi connectivity index (χ3n) is 3.01. The number of rotatable bonds is 3. The molecule has 17 heavy (non-hydrogen) atoms. The van der Waals surface area contributed by atoms with Crippen LogP contribution in [0.3, 0.4) is 0 Å². The summed E-state index contributed by atoms with van der Waals surface area (Å²) >= 11 is 5.87. The van der Waals surface area contributed by atoms with Crippen LogP contribution in [-0.2, 0) is 0 Å². The van der Waals surface area contributed by atoms with Crippen LogP contribution in [0.1, 0.15) is 23.2 Å². The van der Waals surface area contributed by atoms with E-state index < -0.39 is 0 Å². The van der Waals surface area contributed by atoms with Crippen LogP contribution in [0.2, 0.25) is 0 Å². The predicted molar refractivity (Wildman–Crippen MR) is 65.6 cm³/mol. The van der Waals surface area contributed by atoms with Crippen molar-refractivity contribution in [1.29, 1.82) is 0 Å². The number of ether oxygens (including phenoxy) is 1. The molecule has 0 N–H and O–H groups in total. The average Bonchev–Trinajstić information content (AvgIpc) is 2.86. The van der Waals surface area contributed by atoms with Crippen LogP contribution in [0.25, 0.3) is 0 Å². The molecule has 1 aromatic rings. The molecule has 2 heterocycles. The van der Waals surface area contributed by atoms with E-state index in [1.54, 1.807) is 18.3 Å². The first-order valence-electron chi connectivity index (χ1n) is 5.64. The summed E-state index contributed by atoms with van der Waals surface area (Å²) in [6.45, 7) is 0.758. The minimum atomic E-state index is -0.0434. The second kappa shape index (κ2) is 5.36. The van der Waals surface area contributed by atoms with Gasteiger partial charge in [-0.1, -0.05) is 0 Å². The summed E-state index contributed by atoms with van der Waals surface area (Å²) in [6.07, 6.45) is 3.59. The van der Waals surface area contributed by atoms with E-state index in [2.05, 4.69) is 4.98 Å². The van der Waals surface area contributed by atoms with E-state index in [-0.39, 0.29) is 11.9 Å². The quantitative estimate of drug-likeness (QED) is 0.774. The summed E-state index contributed by atoms with van der Waals surface area (Å²) in [6, 6.07) is 3.60. The molecule has 1 aromatic heterocycles. The summed E-state index contributed by atoms with van der Waals surface area (Å²) < 4.78 is 5.10. The first-order chi connectivity index (χ1) is 8.27. The summed E-state index contributed by atoms with van der Waals surface area (Å²) in [4.78, 5) is 18.2. The van der Waals surface area contributed by atoms with Crippen LogP contribution in [-0.4, -0.2) is 41.4 Å². The molecule has 0 aromatic carbocycles. The van der Waals surface area contributed by atoms with Crippen molar-refractivity contribution in [3.05, 3.63) is 23.9 Å². The lowest BCUT2D eigenvalue weighted by Crippen LogP contribution is -2.36. The lowest BCUT2D eigenvalue weighted by molar-refractivity contribution is 0.0745. The van der Waals surface area contributed by atoms with Gasteiger partial charge in [0.25, 0.3) is 5.91 Å². The fraction of sp³-hybridized carbons (Fsp3) is 0.500. The molecule has 2 rings (SSSR count). The molecule has 1 atom stereocenters. The molecule has 0 saturated carbocycles. The Morgan fingerprint density at radius 3 is 3.24 bits per heavy atom. The number of carbonyl (C=O) groups is 1. The topological polar surface area (TPSA) is 42.4 Å². The molecule has 1 unspecified atom stereocenters. The SMILES string of the molecule is COc1ncccc1C(=O)N1CCCC1CCl. The van der Waals surface area contributed by atoms with E-state index in [1.807, 2.05) is 4.90 Å². The Morgan fingerprint density at radius 1 is 1.71 bits per heavy atom. The molecular formula is C12H15ClN2O2. The molecule has 5 heteroatoms. The largest absolute Gasteiger partial charge is 0.480 e.